The van der Waals surface area contributed by atoms with E-state index in [0.717, 1.165) is 30.8 Å². The summed E-state index contributed by atoms with van der Waals surface area (Å²) in [5, 5.41) is 15.9. The van der Waals surface area contributed by atoms with Gasteiger partial charge in [0, 0.05) is 23.7 Å². The van der Waals surface area contributed by atoms with Crippen LogP contribution in [0.25, 0.3) is 0 Å². The van der Waals surface area contributed by atoms with Gasteiger partial charge in [-0.1, -0.05) is 30.5 Å². The largest absolute Gasteiger partial charge is 0.349 e. The molecule has 3 aliphatic rings. The first-order valence-electron chi connectivity index (χ1n) is 11.1. The Morgan fingerprint density at radius 1 is 1.03 bits per heavy atom. The Kier molecular flexibility index (Phi) is 5.08. The molecule has 2 aliphatic heterocycles. The Balaban J connectivity index is 1.22. The molecule has 0 radical (unpaired) electrons. The van der Waals surface area contributed by atoms with E-state index >= 15 is 0 Å². The minimum absolute atomic E-state index is 0.0491. The first kappa shape index (κ1) is 18.7. The van der Waals surface area contributed by atoms with Gasteiger partial charge in [-0.25, -0.2) is 4.68 Å². The first-order chi connectivity index (χ1) is 14.2. The van der Waals surface area contributed by atoms with Crippen LogP contribution in [-0.4, -0.2) is 49.1 Å². The van der Waals surface area contributed by atoms with E-state index in [9.17, 15) is 4.79 Å². The number of piperidine rings is 1. The van der Waals surface area contributed by atoms with Gasteiger partial charge in [0.2, 0.25) is 0 Å². The van der Waals surface area contributed by atoms with E-state index < -0.39 is 0 Å². The maximum atomic E-state index is 12.6. The van der Waals surface area contributed by atoms with Crippen molar-refractivity contribution in [3.05, 3.63) is 41.2 Å². The van der Waals surface area contributed by atoms with Crippen LogP contribution >= 0.6 is 0 Å². The SMILES string of the molecule is Cc1ccc(C(=O)NC2C[C@H]3CC[C@@H](C2)N3Cc2nnnn2C2CCCC2)cc1. The maximum absolute atomic E-state index is 12.6. The van der Waals surface area contributed by atoms with Gasteiger partial charge in [-0.2, -0.15) is 0 Å². The molecule has 0 spiro atoms. The summed E-state index contributed by atoms with van der Waals surface area (Å²) in [7, 11) is 0. The molecule has 3 atom stereocenters. The van der Waals surface area contributed by atoms with Gasteiger partial charge in [0.1, 0.15) is 0 Å². The lowest BCUT2D eigenvalue weighted by Gasteiger charge is -2.39. The Labute approximate surface area is 171 Å². The van der Waals surface area contributed by atoms with Gasteiger partial charge in [-0.3, -0.25) is 9.69 Å². The van der Waals surface area contributed by atoms with Crippen molar-refractivity contribution in [2.45, 2.75) is 89.0 Å². The summed E-state index contributed by atoms with van der Waals surface area (Å²) < 4.78 is 2.08. The first-order valence-corrected chi connectivity index (χ1v) is 11.1. The monoisotopic (exact) mass is 394 g/mol. The maximum Gasteiger partial charge on any atom is 0.251 e. The summed E-state index contributed by atoms with van der Waals surface area (Å²) >= 11 is 0. The van der Waals surface area contributed by atoms with E-state index in [1.807, 2.05) is 31.2 Å². The number of amides is 1. The van der Waals surface area contributed by atoms with Gasteiger partial charge >= 0.3 is 0 Å². The Morgan fingerprint density at radius 2 is 1.72 bits per heavy atom. The Bertz CT molecular complexity index is 842. The molecule has 7 heteroatoms. The number of hydrogen-bond donors (Lipinski definition) is 1. The third-order valence-corrected chi connectivity index (χ3v) is 7.09. The minimum Gasteiger partial charge on any atom is -0.349 e. The number of aromatic nitrogens is 4. The van der Waals surface area contributed by atoms with Crippen LogP contribution in [0.15, 0.2) is 24.3 Å². The van der Waals surface area contributed by atoms with Crippen molar-refractivity contribution < 1.29 is 4.79 Å². The molecular formula is C22H30N6O. The summed E-state index contributed by atoms with van der Waals surface area (Å²) in [4.78, 5) is 15.2. The van der Waals surface area contributed by atoms with Crippen LogP contribution < -0.4 is 5.32 Å². The van der Waals surface area contributed by atoms with E-state index in [1.54, 1.807) is 0 Å². The molecule has 3 fully saturated rings. The number of nitrogens with one attached hydrogen (secondary N) is 1. The number of carbonyl (C=O) groups is 1. The lowest BCUT2D eigenvalue weighted by atomic mass is 9.96. The molecule has 1 aromatic carbocycles. The average molecular weight is 395 g/mol. The van der Waals surface area contributed by atoms with Gasteiger partial charge in [0.05, 0.1) is 12.6 Å². The molecule has 2 bridgehead atoms. The quantitative estimate of drug-likeness (QED) is 0.844. The van der Waals surface area contributed by atoms with E-state index in [1.165, 1.54) is 44.1 Å². The third kappa shape index (κ3) is 3.80. The Morgan fingerprint density at radius 3 is 2.41 bits per heavy atom. The molecule has 2 saturated heterocycles. The highest BCUT2D eigenvalue weighted by Gasteiger charge is 2.42. The molecule has 3 heterocycles. The zero-order chi connectivity index (χ0) is 19.8. The number of nitrogens with zero attached hydrogens (tertiary/aromatic N) is 5. The van der Waals surface area contributed by atoms with Crippen LogP contribution in [0, 0.1) is 6.92 Å². The number of benzene rings is 1. The van der Waals surface area contributed by atoms with Gasteiger partial charge in [0.15, 0.2) is 5.82 Å². The third-order valence-electron chi connectivity index (χ3n) is 7.09. The van der Waals surface area contributed by atoms with Crippen molar-refractivity contribution in [2.75, 3.05) is 0 Å². The van der Waals surface area contributed by atoms with Gasteiger partial charge < -0.3 is 5.32 Å². The van der Waals surface area contributed by atoms with Gasteiger partial charge in [0.25, 0.3) is 5.91 Å². The fraction of sp³-hybridized carbons (Fsp3) is 0.636. The molecule has 7 nitrogen and oxygen atoms in total. The lowest BCUT2D eigenvalue weighted by Crippen LogP contribution is -2.50. The molecule has 2 aromatic rings. The normalized spacial score (nSPS) is 27.4. The van der Waals surface area contributed by atoms with Crippen LogP contribution in [-0.2, 0) is 6.54 Å². The highest BCUT2D eigenvalue weighted by Crippen LogP contribution is 2.37. The molecule has 154 valence electrons. The lowest BCUT2D eigenvalue weighted by molar-refractivity contribution is 0.0813. The number of aryl methyl sites for hydroxylation is 1. The van der Waals surface area contributed by atoms with E-state index in [2.05, 4.69) is 30.4 Å². The van der Waals surface area contributed by atoms with Gasteiger partial charge in [-0.05, 0) is 68.0 Å². The van der Waals surface area contributed by atoms with Crippen molar-refractivity contribution in [3.8, 4) is 0 Å². The zero-order valence-electron chi connectivity index (χ0n) is 17.1. The zero-order valence-corrected chi connectivity index (χ0v) is 17.1. The van der Waals surface area contributed by atoms with Crippen LogP contribution in [0.1, 0.15) is 79.2 Å². The second-order valence-electron chi connectivity index (χ2n) is 9.04. The molecule has 1 unspecified atom stereocenters. The minimum atomic E-state index is 0.0491. The van der Waals surface area contributed by atoms with Crippen molar-refractivity contribution in [2.24, 2.45) is 0 Å². The van der Waals surface area contributed by atoms with E-state index in [0.29, 0.717) is 18.1 Å². The summed E-state index contributed by atoms with van der Waals surface area (Å²) in [6.45, 7) is 2.87. The molecule has 1 aliphatic carbocycles. The van der Waals surface area contributed by atoms with E-state index in [4.69, 9.17) is 0 Å². The number of rotatable bonds is 5. The summed E-state index contributed by atoms with van der Waals surface area (Å²) in [6.07, 6.45) is 9.37. The molecule has 29 heavy (non-hydrogen) atoms. The highest BCUT2D eigenvalue weighted by molar-refractivity contribution is 5.94. The van der Waals surface area contributed by atoms with Gasteiger partial charge in [-0.15, -0.1) is 5.10 Å². The number of tetrazole rings is 1. The van der Waals surface area contributed by atoms with Crippen LogP contribution in [0.4, 0.5) is 0 Å². The predicted molar refractivity (Wildman–Crippen MR) is 109 cm³/mol. The van der Waals surface area contributed by atoms with Crippen molar-refractivity contribution in [1.29, 1.82) is 0 Å². The molecule has 1 amide bonds. The summed E-state index contributed by atoms with van der Waals surface area (Å²) in [6, 6.07) is 9.56. The molecule has 1 aromatic heterocycles. The van der Waals surface area contributed by atoms with Crippen LogP contribution in [0.3, 0.4) is 0 Å². The second-order valence-corrected chi connectivity index (χ2v) is 9.04. The molecule has 5 rings (SSSR count). The topological polar surface area (TPSA) is 75.9 Å². The van der Waals surface area contributed by atoms with Crippen molar-refractivity contribution in [1.82, 2.24) is 30.4 Å². The number of carbonyl (C=O) groups excluding carboxylic acids is 1. The standard InChI is InChI=1S/C22H30N6O/c1-15-6-8-16(9-7-15)22(29)23-17-12-19-10-11-20(13-17)27(19)14-21-24-25-26-28(21)18-4-2-3-5-18/h6-9,17-20H,2-5,10-14H2,1H3,(H,23,29)/t17?,19-,20+. The smallest absolute Gasteiger partial charge is 0.251 e. The highest BCUT2D eigenvalue weighted by atomic mass is 16.1. The fourth-order valence-corrected chi connectivity index (χ4v) is 5.54. The molecule has 1 N–H and O–H groups in total. The van der Waals surface area contributed by atoms with Crippen molar-refractivity contribution in [3.63, 3.8) is 0 Å². The average Bonchev–Trinajstić information content (AvgIpc) is 3.44. The number of fused-ring (bicyclic) bond motifs is 2. The van der Waals surface area contributed by atoms with Crippen LogP contribution in [0.5, 0.6) is 0 Å². The summed E-state index contributed by atoms with van der Waals surface area (Å²) in [5.41, 5.74) is 1.92. The second kappa shape index (κ2) is 7.86. The molecular weight excluding hydrogens is 364 g/mol. The Hall–Kier alpha value is -2.28. The summed E-state index contributed by atoms with van der Waals surface area (Å²) in [5.74, 6) is 1.06. The fourth-order valence-electron chi connectivity index (χ4n) is 5.54. The van der Waals surface area contributed by atoms with Crippen LogP contribution in [0.2, 0.25) is 0 Å². The number of hydrogen-bond acceptors (Lipinski definition) is 5. The molecule has 1 saturated carbocycles. The predicted octanol–water partition coefficient (Wildman–Crippen LogP) is 3.02. The van der Waals surface area contributed by atoms with E-state index in [-0.39, 0.29) is 11.9 Å². The van der Waals surface area contributed by atoms with Crippen molar-refractivity contribution >= 4 is 5.91 Å².